The molecule has 0 saturated heterocycles. The van der Waals surface area contributed by atoms with Crippen LogP contribution in [0.15, 0.2) is 41.2 Å². The maximum absolute atomic E-state index is 13.7. The van der Waals surface area contributed by atoms with Crippen LogP contribution < -0.4 is 16.2 Å². The van der Waals surface area contributed by atoms with E-state index in [2.05, 4.69) is 10.6 Å². The first kappa shape index (κ1) is 33.6. The Hall–Kier alpha value is -4.71. The maximum Gasteiger partial charge on any atom is 0.355 e. The topological polar surface area (TPSA) is 163 Å². The fourth-order valence-electron chi connectivity index (χ4n) is 6.04. The Morgan fingerprint density at radius 1 is 1.09 bits per heavy atom. The molecule has 0 fully saturated rings. The first-order valence-electron chi connectivity index (χ1n) is 16.1. The van der Waals surface area contributed by atoms with Crippen LogP contribution in [0.3, 0.4) is 0 Å². The van der Waals surface area contributed by atoms with Gasteiger partial charge in [0.05, 0.1) is 35.6 Å². The SMILES string of the molecule is CCC1(OC(=O)CNC(=O)CCC(=O)CNCCCC[C@@H](C)C(C)=O)C(=O)OCc2c1cc1n(c2=O)Cc2cc3ccccc3nc2-1. The summed E-state index contributed by atoms with van der Waals surface area (Å²) >= 11 is 0. The lowest BCUT2D eigenvalue weighted by Crippen LogP contribution is -2.48. The van der Waals surface area contributed by atoms with Crippen LogP contribution in [0.2, 0.25) is 0 Å². The Bertz CT molecular complexity index is 1800. The number of nitrogens with zero attached hydrogens (tertiary/aromatic N) is 2. The van der Waals surface area contributed by atoms with E-state index < -0.39 is 30.0 Å². The highest BCUT2D eigenvalue weighted by Crippen LogP contribution is 2.40. The molecule has 0 saturated carbocycles. The number of esters is 2. The third-order valence-corrected chi connectivity index (χ3v) is 8.99. The third-order valence-electron chi connectivity index (χ3n) is 8.99. The minimum absolute atomic E-state index is 0.00330. The van der Waals surface area contributed by atoms with Gasteiger partial charge >= 0.3 is 11.9 Å². The molecule has 3 aromatic rings. The number of para-hydroxylation sites is 1. The number of ether oxygens (including phenoxy) is 2. The fraction of sp³-hybridized carbons (Fsp3) is 0.457. The van der Waals surface area contributed by atoms with Crippen LogP contribution in [0.1, 0.15) is 76.0 Å². The van der Waals surface area contributed by atoms with Crippen molar-refractivity contribution >= 4 is 40.3 Å². The molecule has 0 radical (unpaired) electrons. The van der Waals surface area contributed by atoms with Gasteiger partial charge in [-0.3, -0.25) is 24.0 Å². The fourth-order valence-corrected chi connectivity index (χ4v) is 6.04. The van der Waals surface area contributed by atoms with Crippen molar-refractivity contribution in [3.8, 4) is 11.4 Å². The van der Waals surface area contributed by atoms with Gasteiger partial charge in [0.1, 0.15) is 24.7 Å². The summed E-state index contributed by atoms with van der Waals surface area (Å²) in [5, 5.41) is 6.45. The van der Waals surface area contributed by atoms with E-state index in [4.69, 9.17) is 14.5 Å². The molecular formula is C35H40N4O8. The molecule has 1 unspecified atom stereocenters. The Labute approximate surface area is 272 Å². The summed E-state index contributed by atoms with van der Waals surface area (Å²) < 4.78 is 12.7. The lowest BCUT2D eigenvalue weighted by Gasteiger charge is -2.35. The van der Waals surface area contributed by atoms with Gasteiger partial charge in [-0.2, -0.15) is 0 Å². The standard InChI is InChI=1S/C35H40N4O8/c1-4-35(47-31(43)18-37-30(42)13-12-25(41)17-36-14-8-7-9-21(2)22(3)40)27-16-29-32-24(15-23-10-5-6-11-28(23)38-32)19-39(29)33(44)26(27)20-46-34(35)45/h5-6,10-11,15-16,21,36H,4,7-9,12-14,17-20H2,1-3H3,(H,37,42)/t21-,35?/m1/s1. The molecule has 0 spiro atoms. The first-order chi connectivity index (χ1) is 22.5. The first-order valence-corrected chi connectivity index (χ1v) is 16.1. The largest absolute Gasteiger partial charge is 0.457 e. The second-order valence-electron chi connectivity index (χ2n) is 12.2. The Morgan fingerprint density at radius 3 is 2.64 bits per heavy atom. The summed E-state index contributed by atoms with van der Waals surface area (Å²) in [5.41, 5.74) is 1.01. The van der Waals surface area contributed by atoms with E-state index in [-0.39, 0.29) is 66.6 Å². The number of carbonyl (C=O) groups excluding carboxylic acids is 5. The molecule has 12 heteroatoms. The number of hydrogen-bond donors (Lipinski definition) is 2. The molecule has 2 N–H and O–H groups in total. The van der Waals surface area contributed by atoms with Crippen molar-refractivity contribution in [2.24, 2.45) is 5.92 Å². The summed E-state index contributed by atoms with van der Waals surface area (Å²) in [4.78, 5) is 80.6. The average Bonchev–Trinajstić information content (AvgIpc) is 3.42. The highest BCUT2D eigenvalue weighted by Gasteiger charge is 2.50. The smallest absolute Gasteiger partial charge is 0.355 e. The normalized spacial score (nSPS) is 16.9. The molecule has 0 aliphatic carbocycles. The predicted molar refractivity (Wildman–Crippen MR) is 172 cm³/mol. The van der Waals surface area contributed by atoms with Gasteiger partial charge in [-0.1, -0.05) is 38.5 Å². The van der Waals surface area contributed by atoms with Gasteiger partial charge in [0.25, 0.3) is 5.56 Å². The molecule has 248 valence electrons. The Balaban J connectivity index is 1.18. The number of Topliss-reactive ketones (excluding diaryl/α,β-unsaturated/α-hetero) is 2. The molecule has 0 bridgehead atoms. The molecule has 1 amide bonds. The second kappa shape index (κ2) is 14.4. The number of hydrogen-bond acceptors (Lipinski definition) is 10. The molecule has 47 heavy (non-hydrogen) atoms. The van der Waals surface area contributed by atoms with Gasteiger partial charge in [-0.05, 0) is 50.9 Å². The summed E-state index contributed by atoms with van der Waals surface area (Å²) in [5.74, 6) is -2.14. The van der Waals surface area contributed by atoms with Crippen LogP contribution in [-0.4, -0.2) is 58.6 Å². The zero-order valence-electron chi connectivity index (χ0n) is 27.0. The molecule has 2 aliphatic heterocycles. The number of unbranched alkanes of at least 4 members (excludes halogenated alkanes) is 1. The van der Waals surface area contributed by atoms with Crippen LogP contribution in [-0.2, 0) is 52.2 Å². The molecule has 1 aromatic carbocycles. The number of fused-ring (bicyclic) bond motifs is 5. The summed E-state index contributed by atoms with van der Waals surface area (Å²) in [6.45, 7) is 5.42. The van der Waals surface area contributed by atoms with E-state index >= 15 is 0 Å². The molecule has 2 aliphatic rings. The average molecular weight is 645 g/mol. The molecule has 12 nitrogen and oxygen atoms in total. The minimum Gasteiger partial charge on any atom is -0.457 e. The zero-order chi connectivity index (χ0) is 33.7. The lowest BCUT2D eigenvalue weighted by molar-refractivity contribution is -0.189. The number of benzene rings is 1. The maximum atomic E-state index is 13.7. The number of cyclic esters (lactones) is 1. The third kappa shape index (κ3) is 7.17. The molecule has 2 atom stereocenters. The van der Waals surface area contributed by atoms with Crippen LogP contribution in [0.5, 0.6) is 0 Å². The van der Waals surface area contributed by atoms with Gasteiger partial charge in [-0.25, -0.2) is 9.78 Å². The van der Waals surface area contributed by atoms with Crippen molar-refractivity contribution in [3.05, 3.63) is 63.4 Å². The van der Waals surface area contributed by atoms with Crippen molar-refractivity contribution in [2.45, 2.75) is 78.0 Å². The lowest BCUT2D eigenvalue weighted by atomic mass is 9.85. The van der Waals surface area contributed by atoms with Crippen molar-refractivity contribution in [2.75, 3.05) is 19.6 Å². The number of aromatic nitrogens is 2. The predicted octanol–water partition coefficient (Wildman–Crippen LogP) is 3.08. The number of pyridine rings is 2. The van der Waals surface area contributed by atoms with E-state index in [1.807, 2.05) is 37.3 Å². The number of amides is 1. The van der Waals surface area contributed by atoms with E-state index in [1.165, 1.54) is 0 Å². The summed E-state index contributed by atoms with van der Waals surface area (Å²) in [7, 11) is 0. The van der Waals surface area contributed by atoms with Crippen molar-refractivity contribution in [1.82, 2.24) is 20.2 Å². The quantitative estimate of drug-likeness (QED) is 0.145. The summed E-state index contributed by atoms with van der Waals surface area (Å²) in [6, 6.07) is 11.3. The van der Waals surface area contributed by atoms with E-state index in [9.17, 15) is 28.8 Å². The van der Waals surface area contributed by atoms with E-state index in [0.717, 1.165) is 35.7 Å². The Kier molecular flexibility index (Phi) is 10.3. The van der Waals surface area contributed by atoms with Crippen LogP contribution >= 0.6 is 0 Å². The van der Waals surface area contributed by atoms with Gasteiger partial charge in [0, 0.05) is 35.3 Å². The zero-order valence-corrected chi connectivity index (χ0v) is 27.0. The highest BCUT2D eigenvalue weighted by atomic mass is 16.6. The van der Waals surface area contributed by atoms with Gasteiger partial charge in [0.15, 0.2) is 0 Å². The highest BCUT2D eigenvalue weighted by molar-refractivity contribution is 5.90. The molecule has 5 rings (SSSR count). The van der Waals surface area contributed by atoms with E-state index in [0.29, 0.717) is 24.5 Å². The Morgan fingerprint density at radius 2 is 1.87 bits per heavy atom. The van der Waals surface area contributed by atoms with Crippen LogP contribution in [0, 0.1) is 5.92 Å². The molecule has 2 aromatic heterocycles. The van der Waals surface area contributed by atoms with Crippen LogP contribution in [0.4, 0.5) is 0 Å². The number of carbonyl (C=O) groups is 5. The monoisotopic (exact) mass is 644 g/mol. The number of ketones is 2. The van der Waals surface area contributed by atoms with Gasteiger partial charge in [0.2, 0.25) is 11.5 Å². The van der Waals surface area contributed by atoms with Gasteiger partial charge < -0.3 is 24.7 Å². The van der Waals surface area contributed by atoms with Crippen molar-refractivity contribution in [1.29, 1.82) is 0 Å². The molecular weight excluding hydrogens is 604 g/mol. The van der Waals surface area contributed by atoms with Crippen molar-refractivity contribution in [3.63, 3.8) is 0 Å². The minimum atomic E-state index is -1.88. The molecule has 4 heterocycles. The summed E-state index contributed by atoms with van der Waals surface area (Å²) in [6.07, 6.45) is 2.40. The number of rotatable bonds is 15. The van der Waals surface area contributed by atoms with Gasteiger partial charge in [-0.15, -0.1) is 0 Å². The second-order valence-corrected chi connectivity index (χ2v) is 12.2. The number of nitrogens with one attached hydrogen (secondary N) is 2. The van der Waals surface area contributed by atoms with Crippen molar-refractivity contribution < 1.29 is 33.4 Å². The van der Waals surface area contributed by atoms with Crippen LogP contribution in [0.25, 0.3) is 22.3 Å². The van der Waals surface area contributed by atoms with E-state index in [1.54, 1.807) is 24.5 Å².